The Labute approximate surface area is 108 Å². The van der Waals surface area contributed by atoms with E-state index in [0.29, 0.717) is 6.04 Å². The second kappa shape index (κ2) is 6.47. The lowest BCUT2D eigenvalue weighted by molar-refractivity contribution is 0.206. The predicted molar refractivity (Wildman–Crippen MR) is 73.5 cm³/mol. The van der Waals surface area contributed by atoms with Gasteiger partial charge in [0.05, 0.1) is 5.01 Å². The molecule has 1 N–H and O–H groups in total. The maximum absolute atomic E-state index is 4.39. The molecule has 0 radical (unpaired) electrons. The van der Waals surface area contributed by atoms with Gasteiger partial charge in [0.1, 0.15) is 0 Å². The number of aromatic nitrogens is 1. The van der Waals surface area contributed by atoms with E-state index >= 15 is 0 Å². The Kier molecular flexibility index (Phi) is 4.95. The molecule has 0 bridgehead atoms. The second-order valence-electron chi connectivity index (χ2n) is 4.66. The molecule has 0 amide bonds. The van der Waals surface area contributed by atoms with Crippen LogP contribution in [0.3, 0.4) is 0 Å². The molecule has 1 fully saturated rings. The van der Waals surface area contributed by atoms with E-state index in [2.05, 4.69) is 29.0 Å². The van der Waals surface area contributed by atoms with Crippen LogP contribution in [-0.2, 0) is 13.0 Å². The third kappa shape index (κ3) is 3.76. The van der Waals surface area contributed by atoms with Crippen molar-refractivity contribution >= 4 is 11.3 Å². The maximum atomic E-state index is 4.39. The standard InChI is InChI=1S/C13H23N3S/c1-3-13-15-10-12(17-13)9-14-11-5-7-16(4-2)8-6-11/h10-11,14H,3-9H2,1-2H3. The largest absolute Gasteiger partial charge is 0.309 e. The van der Waals surface area contributed by atoms with Crippen molar-refractivity contribution in [2.45, 2.75) is 45.7 Å². The first-order valence-corrected chi connectivity index (χ1v) is 7.52. The van der Waals surface area contributed by atoms with Gasteiger partial charge in [-0.3, -0.25) is 0 Å². The van der Waals surface area contributed by atoms with Crippen LogP contribution in [0.5, 0.6) is 0 Å². The van der Waals surface area contributed by atoms with Gasteiger partial charge in [-0.05, 0) is 38.9 Å². The summed E-state index contributed by atoms with van der Waals surface area (Å²) in [5.74, 6) is 0. The second-order valence-corrected chi connectivity index (χ2v) is 5.86. The van der Waals surface area contributed by atoms with Crippen molar-refractivity contribution in [3.8, 4) is 0 Å². The molecule has 4 heteroatoms. The fourth-order valence-electron chi connectivity index (χ4n) is 2.29. The highest BCUT2D eigenvalue weighted by molar-refractivity contribution is 7.11. The minimum atomic E-state index is 0.699. The smallest absolute Gasteiger partial charge is 0.0925 e. The summed E-state index contributed by atoms with van der Waals surface area (Å²) in [6, 6.07) is 0.699. The van der Waals surface area contributed by atoms with Crippen molar-refractivity contribution in [3.63, 3.8) is 0 Å². The average Bonchev–Trinajstić information content (AvgIpc) is 2.85. The SMILES string of the molecule is CCc1ncc(CNC2CCN(CC)CC2)s1. The van der Waals surface area contributed by atoms with Crippen molar-refractivity contribution in [1.82, 2.24) is 15.2 Å². The highest BCUT2D eigenvalue weighted by Gasteiger charge is 2.17. The molecular formula is C13H23N3S. The maximum Gasteiger partial charge on any atom is 0.0925 e. The van der Waals surface area contributed by atoms with Crippen LogP contribution < -0.4 is 5.32 Å². The Bertz CT molecular complexity index is 329. The van der Waals surface area contributed by atoms with Crippen LogP contribution >= 0.6 is 11.3 Å². The molecule has 1 aromatic heterocycles. The van der Waals surface area contributed by atoms with Gasteiger partial charge in [0, 0.05) is 23.7 Å². The lowest BCUT2D eigenvalue weighted by Crippen LogP contribution is -2.41. The first kappa shape index (κ1) is 13.0. The number of hydrogen-bond donors (Lipinski definition) is 1. The van der Waals surface area contributed by atoms with E-state index in [1.165, 1.54) is 42.4 Å². The lowest BCUT2D eigenvalue weighted by atomic mass is 10.1. The van der Waals surface area contributed by atoms with Crippen LogP contribution in [0.15, 0.2) is 6.20 Å². The van der Waals surface area contributed by atoms with Crippen molar-refractivity contribution in [2.75, 3.05) is 19.6 Å². The van der Waals surface area contributed by atoms with E-state index in [-0.39, 0.29) is 0 Å². The Balaban J connectivity index is 1.72. The van der Waals surface area contributed by atoms with Gasteiger partial charge in [-0.1, -0.05) is 13.8 Å². The highest BCUT2D eigenvalue weighted by Crippen LogP contribution is 2.15. The van der Waals surface area contributed by atoms with Crippen molar-refractivity contribution in [1.29, 1.82) is 0 Å². The van der Waals surface area contributed by atoms with Gasteiger partial charge in [0.15, 0.2) is 0 Å². The van der Waals surface area contributed by atoms with Gasteiger partial charge in [-0.2, -0.15) is 0 Å². The molecule has 0 aliphatic carbocycles. The normalized spacial score (nSPS) is 18.7. The van der Waals surface area contributed by atoms with Crippen molar-refractivity contribution < 1.29 is 0 Å². The summed E-state index contributed by atoms with van der Waals surface area (Å²) in [5.41, 5.74) is 0. The number of rotatable bonds is 5. The minimum absolute atomic E-state index is 0.699. The van der Waals surface area contributed by atoms with Crippen LogP contribution in [0, 0.1) is 0 Å². The number of hydrogen-bond acceptors (Lipinski definition) is 4. The first-order chi connectivity index (χ1) is 8.31. The molecular weight excluding hydrogens is 230 g/mol. The Hall–Kier alpha value is -0.450. The Morgan fingerprint density at radius 3 is 2.76 bits per heavy atom. The summed E-state index contributed by atoms with van der Waals surface area (Å²) in [4.78, 5) is 8.30. The summed E-state index contributed by atoms with van der Waals surface area (Å²) in [6.07, 6.45) is 5.65. The van der Waals surface area contributed by atoms with Gasteiger partial charge in [-0.15, -0.1) is 11.3 Å². The third-order valence-corrected chi connectivity index (χ3v) is 4.65. The molecule has 17 heavy (non-hydrogen) atoms. The fraction of sp³-hybridized carbons (Fsp3) is 0.769. The quantitative estimate of drug-likeness (QED) is 0.872. The first-order valence-electron chi connectivity index (χ1n) is 6.71. The molecule has 0 aromatic carbocycles. The minimum Gasteiger partial charge on any atom is -0.309 e. The molecule has 0 atom stereocenters. The van der Waals surface area contributed by atoms with Gasteiger partial charge in [0.25, 0.3) is 0 Å². The number of nitrogens with one attached hydrogen (secondary N) is 1. The molecule has 96 valence electrons. The van der Waals surface area contributed by atoms with Gasteiger partial charge in [0.2, 0.25) is 0 Å². The lowest BCUT2D eigenvalue weighted by Gasteiger charge is -2.31. The summed E-state index contributed by atoms with van der Waals surface area (Å²) >= 11 is 1.84. The number of aryl methyl sites for hydroxylation is 1. The molecule has 1 saturated heterocycles. The number of likely N-dealkylation sites (tertiary alicyclic amines) is 1. The van der Waals surface area contributed by atoms with Crippen LogP contribution in [0.4, 0.5) is 0 Å². The van der Waals surface area contributed by atoms with Crippen molar-refractivity contribution in [3.05, 3.63) is 16.1 Å². The fourth-order valence-corrected chi connectivity index (χ4v) is 3.10. The molecule has 2 rings (SSSR count). The molecule has 0 unspecified atom stereocenters. The zero-order valence-corrected chi connectivity index (χ0v) is 11.7. The summed E-state index contributed by atoms with van der Waals surface area (Å²) in [5, 5.41) is 4.92. The van der Waals surface area contributed by atoms with Crippen LogP contribution in [0.1, 0.15) is 36.6 Å². The summed E-state index contributed by atoms with van der Waals surface area (Å²) in [6.45, 7) is 9.10. The van der Waals surface area contributed by atoms with E-state index in [9.17, 15) is 0 Å². The zero-order chi connectivity index (χ0) is 12.1. The molecule has 1 aliphatic rings. The molecule has 2 heterocycles. The third-order valence-electron chi connectivity index (χ3n) is 3.50. The number of thiazole rings is 1. The van der Waals surface area contributed by atoms with Gasteiger partial charge in [-0.25, -0.2) is 4.98 Å². The van der Waals surface area contributed by atoms with Gasteiger partial charge >= 0.3 is 0 Å². The topological polar surface area (TPSA) is 28.2 Å². The average molecular weight is 253 g/mol. The van der Waals surface area contributed by atoms with Gasteiger partial charge < -0.3 is 10.2 Å². The van der Waals surface area contributed by atoms with Crippen LogP contribution in [0.25, 0.3) is 0 Å². The number of nitrogens with zero attached hydrogens (tertiary/aromatic N) is 2. The zero-order valence-electron chi connectivity index (χ0n) is 10.9. The summed E-state index contributed by atoms with van der Waals surface area (Å²) < 4.78 is 0. The van der Waals surface area contributed by atoms with E-state index < -0.39 is 0 Å². The monoisotopic (exact) mass is 253 g/mol. The Morgan fingerprint density at radius 1 is 1.41 bits per heavy atom. The molecule has 3 nitrogen and oxygen atoms in total. The van der Waals surface area contributed by atoms with E-state index in [0.717, 1.165) is 13.0 Å². The molecule has 0 spiro atoms. The van der Waals surface area contributed by atoms with Crippen molar-refractivity contribution in [2.24, 2.45) is 0 Å². The van der Waals surface area contributed by atoms with Crippen LogP contribution in [0.2, 0.25) is 0 Å². The van der Waals surface area contributed by atoms with Crippen LogP contribution in [-0.4, -0.2) is 35.6 Å². The molecule has 0 saturated carbocycles. The number of piperidine rings is 1. The van der Waals surface area contributed by atoms with E-state index in [1.54, 1.807) is 0 Å². The highest BCUT2D eigenvalue weighted by atomic mass is 32.1. The molecule has 1 aromatic rings. The molecule has 1 aliphatic heterocycles. The summed E-state index contributed by atoms with van der Waals surface area (Å²) in [7, 11) is 0. The Morgan fingerprint density at radius 2 is 2.18 bits per heavy atom. The van der Waals surface area contributed by atoms with E-state index in [4.69, 9.17) is 0 Å². The van der Waals surface area contributed by atoms with E-state index in [1.807, 2.05) is 17.5 Å². The predicted octanol–water partition coefficient (Wildman–Crippen LogP) is 2.28.